The van der Waals surface area contributed by atoms with Crippen molar-refractivity contribution >= 4 is 23.2 Å². The van der Waals surface area contributed by atoms with E-state index >= 15 is 0 Å². The number of rotatable bonds is 6. The third-order valence-electron chi connectivity index (χ3n) is 2.30. The second-order valence-corrected chi connectivity index (χ2v) is 6.51. The molecule has 0 atom stereocenters. The Balaban J connectivity index is 2.16. The van der Waals surface area contributed by atoms with Gasteiger partial charge in [-0.25, -0.2) is 4.98 Å². The monoisotopic (exact) mass is 298 g/mol. The first-order chi connectivity index (χ1) is 9.26. The number of nitrogens with zero attached hydrogens (tertiary/aromatic N) is 1. The molecule has 0 saturated carbocycles. The van der Waals surface area contributed by atoms with Crippen molar-refractivity contribution in [3.05, 3.63) is 16.1 Å². The van der Waals surface area contributed by atoms with Gasteiger partial charge in [-0.1, -0.05) is 0 Å². The molecule has 1 aromatic heterocycles. The Morgan fingerprint density at radius 1 is 1.35 bits per heavy atom. The molecule has 0 unspecified atom stereocenters. The van der Waals surface area contributed by atoms with Crippen molar-refractivity contribution < 1.29 is 14.3 Å². The molecule has 5 nitrogen and oxygen atoms in total. The van der Waals surface area contributed by atoms with Crippen LogP contribution in [0.1, 0.15) is 44.3 Å². The van der Waals surface area contributed by atoms with Crippen LogP contribution in [-0.4, -0.2) is 29.0 Å². The van der Waals surface area contributed by atoms with Crippen LogP contribution in [0.25, 0.3) is 0 Å². The van der Waals surface area contributed by atoms with Crippen LogP contribution in [0.3, 0.4) is 0 Å². The summed E-state index contributed by atoms with van der Waals surface area (Å²) in [6, 6.07) is 0. The van der Waals surface area contributed by atoms with E-state index in [0.29, 0.717) is 6.54 Å². The van der Waals surface area contributed by atoms with Crippen molar-refractivity contribution in [1.29, 1.82) is 0 Å². The highest BCUT2D eigenvalue weighted by Gasteiger charge is 2.16. The molecular formula is C14H22N2O3S. The number of aryl methyl sites for hydroxylation is 1. The van der Waals surface area contributed by atoms with Crippen LogP contribution in [0, 0.1) is 6.92 Å². The molecule has 20 heavy (non-hydrogen) atoms. The lowest BCUT2D eigenvalue weighted by atomic mass is 10.2. The maximum absolute atomic E-state index is 11.6. The highest BCUT2D eigenvalue weighted by molar-refractivity contribution is 7.09. The molecule has 1 aromatic rings. The topological polar surface area (TPSA) is 68.3 Å². The quantitative estimate of drug-likeness (QED) is 0.818. The first kappa shape index (κ1) is 16.6. The van der Waals surface area contributed by atoms with E-state index in [1.54, 1.807) is 32.1 Å². The molecule has 1 N–H and O–H groups in total. The molecule has 0 aliphatic heterocycles. The molecular weight excluding hydrogens is 276 g/mol. The molecule has 0 fully saturated rings. The summed E-state index contributed by atoms with van der Waals surface area (Å²) in [7, 11) is 0. The number of hydrogen-bond acceptors (Lipinski definition) is 5. The standard InChI is InChI=1S/C14H22N2O3S/c1-10-9-20-12(16-10)7-8-15-11(17)5-6-13(18)19-14(2,3)4/h9H,5-8H2,1-4H3,(H,15,17). The molecule has 6 heteroatoms. The number of nitrogens with one attached hydrogen (secondary N) is 1. The fourth-order valence-corrected chi connectivity index (χ4v) is 2.30. The zero-order chi connectivity index (χ0) is 15.2. The molecule has 0 aliphatic rings. The number of ether oxygens (including phenoxy) is 1. The summed E-state index contributed by atoms with van der Waals surface area (Å²) in [5.41, 5.74) is 0.497. The summed E-state index contributed by atoms with van der Waals surface area (Å²) in [5.74, 6) is -0.479. The van der Waals surface area contributed by atoms with Crippen molar-refractivity contribution in [2.24, 2.45) is 0 Å². The second-order valence-electron chi connectivity index (χ2n) is 5.57. The van der Waals surface area contributed by atoms with Crippen molar-refractivity contribution in [2.45, 2.75) is 52.6 Å². The molecule has 0 spiro atoms. The summed E-state index contributed by atoms with van der Waals surface area (Å²) in [6.07, 6.45) is 0.988. The van der Waals surface area contributed by atoms with Gasteiger partial charge >= 0.3 is 5.97 Å². The third kappa shape index (κ3) is 7.23. The Morgan fingerprint density at radius 2 is 2.05 bits per heavy atom. The molecule has 0 aliphatic carbocycles. The summed E-state index contributed by atoms with van der Waals surface area (Å²) >= 11 is 1.59. The summed E-state index contributed by atoms with van der Waals surface area (Å²) in [4.78, 5) is 27.3. The summed E-state index contributed by atoms with van der Waals surface area (Å²) in [5, 5.41) is 5.77. The second kappa shape index (κ2) is 7.38. The molecule has 1 rings (SSSR count). The van der Waals surface area contributed by atoms with Gasteiger partial charge in [0.1, 0.15) is 5.60 Å². The van der Waals surface area contributed by atoms with Crippen molar-refractivity contribution in [3.8, 4) is 0 Å². The molecule has 0 aromatic carbocycles. The van der Waals surface area contributed by atoms with Crippen LogP contribution in [0.2, 0.25) is 0 Å². The van der Waals surface area contributed by atoms with Crippen LogP contribution in [-0.2, 0) is 20.7 Å². The van der Waals surface area contributed by atoms with Gasteiger partial charge in [-0.2, -0.15) is 0 Å². The van der Waals surface area contributed by atoms with Crippen LogP contribution < -0.4 is 5.32 Å². The van der Waals surface area contributed by atoms with E-state index in [9.17, 15) is 9.59 Å². The Hall–Kier alpha value is -1.43. The number of hydrogen-bond donors (Lipinski definition) is 1. The normalized spacial score (nSPS) is 11.2. The van der Waals surface area contributed by atoms with Gasteiger partial charge in [0, 0.05) is 30.5 Å². The average molecular weight is 298 g/mol. The fraction of sp³-hybridized carbons (Fsp3) is 0.643. The molecule has 1 heterocycles. The average Bonchev–Trinajstić information content (AvgIpc) is 2.70. The van der Waals surface area contributed by atoms with Crippen molar-refractivity contribution in [1.82, 2.24) is 10.3 Å². The van der Waals surface area contributed by atoms with E-state index in [1.807, 2.05) is 12.3 Å². The Labute approximate surface area is 123 Å². The van der Waals surface area contributed by atoms with Crippen molar-refractivity contribution in [3.63, 3.8) is 0 Å². The maximum atomic E-state index is 11.6. The largest absolute Gasteiger partial charge is 0.460 e. The molecule has 0 radical (unpaired) electrons. The predicted octanol–water partition coefficient (Wildman–Crippen LogP) is 2.23. The smallest absolute Gasteiger partial charge is 0.306 e. The van der Waals surface area contributed by atoms with Gasteiger partial charge in [-0.05, 0) is 27.7 Å². The first-order valence-electron chi connectivity index (χ1n) is 6.66. The highest BCUT2D eigenvalue weighted by Crippen LogP contribution is 2.10. The number of aromatic nitrogens is 1. The fourth-order valence-electron chi connectivity index (χ4n) is 1.52. The van der Waals surface area contributed by atoms with Crippen LogP contribution in [0.5, 0.6) is 0 Å². The van der Waals surface area contributed by atoms with Crippen LogP contribution in [0.4, 0.5) is 0 Å². The minimum atomic E-state index is -0.504. The summed E-state index contributed by atoms with van der Waals surface area (Å²) < 4.78 is 5.14. The van der Waals surface area contributed by atoms with Gasteiger partial charge < -0.3 is 10.1 Å². The minimum absolute atomic E-state index is 0.111. The Bertz CT molecular complexity index is 463. The summed E-state index contributed by atoms with van der Waals surface area (Å²) in [6.45, 7) is 7.91. The molecule has 0 bridgehead atoms. The van der Waals surface area contributed by atoms with Gasteiger partial charge in [0.25, 0.3) is 0 Å². The zero-order valence-electron chi connectivity index (χ0n) is 12.5. The number of thiazole rings is 1. The van der Waals surface area contributed by atoms with Gasteiger partial charge in [0.15, 0.2) is 0 Å². The van der Waals surface area contributed by atoms with Crippen molar-refractivity contribution in [2.75, 3.05) is 6.54 Å². The Kier molecular flexibility index (Phi) is 6.13. The molecule has 1 amide bonds. The van der Waals surface area contributed by atoms with E-state index in [2.05, 4.69) is 10.3 Å². The molecule has 0 saturated heterocycles. The van der Waals surface area contributed by atoms with Gasteiger partial charge in [-0.15, -0.1) is 11.3 Å². The first-order valence-corrected chi connectivity index (χ1v) is 7.54. The minimum Gasteiger partial charge on any atom is -0.460 e. The zero-order valence-corrected chi connectivity index (χ0v) is 13.3. The number of amides is 1. The van der Waals surface area contributed by atoms with E-state index in [4.69, 9.17) is 4.74 Å². The van der Waals surface area contributed by atoms with E-state index in [0.717, 1.165) is 17.1 Å². The van der Waals surface area contributed by atoms with Gasteiger partial charge in [0.2, 0.25) is 5.91 Å². The van der Waals surface area contributed by atoms with E-state index in [-0.39, 0.29) is 24.7 Å². The van der Waals surface area contributed by atoms with Gasteiger partial charge in [-0.3, -0.25) is 9.59 Å². The lowest BCUT2D eigenvalue weighted by molar-refractivity contribution is -0.155. The molecule has 112 valence electrons. The lowest BCUT2D eigenvalue weighted by Crippen LogP contribution is -2.28. The SMILES string of the molecule is Cc1csc(CCNC(=O)CCC(=O)OC(C)(C)C)n1. The van der Waals surface area contributed by atoms with Crippen LogP contribution >= 0.6 is 11.3 Å². The lowest BCUT2D eigenvalue weighted by Gasteiger charge is -2.19. The predicted molar refractivity (Wildman–Crippen MR) is 78.6 cm³/mol. The number of esters is 1. The maximum Gasteiger partial charge on any atom is 0.306 e. The Morgan fingerprint density at radius 3 is 2.60 bits per heavy atom. The van der Waals surface area contributed by atoms with E-state index < -0.39 is 5.60 Å². The third-order valence-corrected chi connectivity index (χ3v) is 3.33. The number of carbonyl (C=O) groups excluding carboxylic acids is 2. The van der Waals surface area contributed by atoms with Gasteiger partial charge in [0.05, 0.1) is 11.4 Å². The highest BCUT2D eigenvalue weighted by atomic mass is 32.1. The van der Waals surface area contributed by atoms with E-state index in [1.165, 1.54) is 0 Å². The van der Waals surface area contributed by atoms with Crippen LogP contribution in [0.15, 0.2) is 5.38 Å². The number of carbonyl (C=O) groups is 2.